The molecule has 1 rings (SSSR count). The monoisotopic (exact) mass is 318 g/mol. The quantitative estimate of drug-likeness (QED) is 0.847. The Morgan fingerprint density at radius 2 is 2.24 bits per heavy atom. The Hall–Kier alpha value is -0.610. The summed E-state index contributed by atoms with van der Waals surface area (Å²) in [6.07, 6.45) is 2.38. The molecule has 94 valence electrons. The second kappa shape index (κ2) is 6.97. The lowest BCUT2D eigenvalue weighted by molar-refractivity contribution is 0.0920. The van der Waals surface area contributed by atoms with Crippen LogP contribution < -0.4 is 5.32 Å². The highest BCUT2D eigenvalue weighted by atomic mass is 79.9. The summed E-state index contributed by atoms with van der Waals surface area (Å²) in [5, 5.41) is 2.95. The van der Waals surface area contributed by atoms with Crippen LogP contribution >= 0.6 is 27.5 Å². The highest BCUT2D eigenvalue weighted by Gasteiger charge is 2.17. The Morgan fingerprint density at radius 3 is 2.71 bits per heavy atom. The van der Waals surface area contributed by atoms with Gasteiger partial charge in [-0.25, -0.2) is 4.98 Å². The summed E-state index contributed by atoms with van der Waals surface area (Å²) in [6, 6.07) is 3.58. The molecule has 0 aromatic carbocycles. The largest absolute Gasteiger partial charge is 0.348 e. The van der Waals surface area contributed by atoms with E-state index in [0.29, 0.717) is 17.5 Å². The summed E-state index contributed by atoms with van der Waals surface area (Å²) >= 11 is 9.00. The minimum atomic E-state index is -0.152. The lowest BCUT2D eigenvalue weighted by Crippen LogP contribution is -2.39. The Morgan fingerprint density at radius 1 is 1.53 bits per heavy atom. The number of carbonyl (C=O) groups is 1. The van der Waals surface area contributed by atoms with E-state index in [1.165, 1.54) is 0 Å². The van der Waals surface area contributed by atoms with Crippen LogP contribution in [-0.2, 0) is 0 Å². The summed E-state index contributed by atoms with van der Waals surface area (Å²) in [6.45, 7) is 4.12. The molecule has 3 nitrogen and oxygen atoms in total. The first-order chi connectivity index (χ1) is 8.04. The molecule has 0 aliphatic rings. The Bertz CT molecular complexity index is 367. The maximum absolute atomic E-state index is 11.9. The Kier molecular flexibility index (Phi) is 5.92. The van der Waals surface area contributed by atoms with Crippen molar-refractivity contribution in [2.45, 2.75) is 26.3 Å². The van der Waals surface area contributed by atoms with E-state index in [2.05, 4.69) is 40.1 Å². The third kappa shape index (κ3) is 4.64. The molecule has 1 unspecified atom stereocenters. The van der Waals surface area contributed by atoms with Crippen LogP contribution in [0.3, 0.4) is 0 Å². The molecule has 1 heterocycles. The van der Waals surface area contributed by atoms with Crippen molar-refractivity contribution < 1.29 is 4.79 Å². The summed E-state index contributed by atoms with van der Waals surface area (Å²) < 4.78 is 0.857. The van der Waals surface area contributed by atoms with Gasteiger partial charge in [0.25, 0.3) is 5.91 Å². The number of halogens is 2. The van der Waals surface area contributed by atoms with Gasteiger partial charge in [-0.3, -0.25) is 4.79 Å². The van der Waals surface area contributed by atoms with Gasteiger partial charge in [0.05, 0.1) is 0 Å². The van der Waals surface area contributed by atoms with Gasteiger partial charge in [-0.15, -0.1) is 11.6 Å². The fourth-order valence-corrected chi connectivity index (χ4v) is 1.91. The van der Waals surface area contributed by atoms with Crippen LogP contribution in [0.1, 0.15) is 30.8 Å². The molecule has 0 radical (unpaired) electrons. The predicted octanol–water partition coefficient (Wildman–Crippen LogP) is 3.23. The summed E-state index contributed by atoms with van der Waals surface area (Å²) in [5.41, 5.74) is 0.424. The molecule has 0 saturated heterocycles. The summed E-state index contributed by atoms with van der Waals surface area (Å²) in [5.74, 6) is 0.742. The topological polar surface area (TPSA) is 42.0 Å². The minimum Gasteiger partial charge on any atom is -0.348 e. The zero-order valence-electron chi connectivity index (χ0n) is 9.91. The smallest absolute Gasteiger partial charge is 0.270 e. The van der Waals surface area contributed by atoms with Crippen LogP contribution in [0.5, 0.6) is 0 Å². The van der Waals surface area contributed by atoms with Crippen molar-refractivity contribution >= 4 is 33.4 Å². The molecule has 0 aliphatic carbocycles. The number of alkyl halides is 1. The molecule has 0 aliphatic heterocycles. The first-order valence-electron chi connectivity index (χ1n) is 5.53. The van der Waals surface area contributed by atoms with Gasteiger partial charge in [-0.05, 0) is 40.4 Å². The van der Waals surface area contributed by atoms with Crippen molar-refractivity contribution in [2.24, 2.45) is 5.92 Å². The molecule has 0 bridgehead atoms. The highest BCUT2D eigenvalue weighted by molar-refractivity contribution is 9.10. The molecule has 1 aromatic heterocycles. The van der Waals surface area contributed by atoms with Crippen LogP contribution in [0, 0.1) is 5.92 Å². The number of nitrogens with one attached hydrogen (secondary N) is 1. The lowest BCUT2D eigenvalue weighted by Gasteiger charge is -2.21. The molecule has 1 atom stereocenters. The first kappa shape index (κ1) is 14.5. The highest BCUT2D eigenvalue weighted by Crippen LogP contribution is 2.10. The van der Waals surface area contributed by atoms with Gasteiger partial charge in [0.2, 0.25) is 0 Å². The maximum atomic E-state index is 11.9. The van der Waals surface area contributed by atoms with E-state index in [1.54, 1.807) is 18.3 Å². The summed E-state index contributed by atoms with van der Waals surface area (Å²) in [7, 11) is 0. The molecule has 17 heavy (non-hydrogen) atoms. The van der Waals surface area contributed by atoms with Crippen molar-refractivity contribution in [1.82, 2.24) is 10.3 Å². The van der Waals surface area contributed by atoms with E-state index in [9.17, 15) is 4.79 Å². The van der Waals surface area contributed by atoms with Crippen molar-refractivity contribution in [3.63, 3.8) is 0 Å². The fourth-order valence-electron chi connectivity index (χ4n) is 1.44. The molecule has 5 heteroatoms. The molecular weight excluding hydrogens is 304 g/mol. The second-order valence-corrected chi connectivity index (χ2v) is 5.46. The third-order valence-corrected chi connectivity index (χ3v) is 3.19. The minimum absolute atomic E-state index is 0.0884. The number of amides is 1. The van der Waals surface area contributed by atoms with E-state index < -0.39 is 0 Å². The van der Waals surface area contributed by atoms with Crippen molar-refractivity contribution in [3.05, 3.63) is 28.5 Å². The molecule has 0 spiro atoms. The predicted molar refractivity (Wildman–Crippen MR) is 73.4 cm³/mol. The number of pyridine rings is 1. The Balaban J connectivity index is 2.66. The number of rotatable bonds is 5. The molecule has 1 N–H and O–H groups in total. The van der Waals surface area contributed by atoms with Crippen LogP contribution in [0.2, 0.25) is 0 Å². The standard InChI is InChI=1S/C12H16BrClN2O/c1-8(2)10(5-6-14)16-12(17)11-4-3-9(13)7-15-11/h3-4,7-8,10H,5-6H2,1-2H3,(H,16,17). The van der Waals surface area contributed by atoms with E-state index >= 15 is 0 Å². The van der Waals surface area contributed by atoms with E-state index in [-0.39, 0.29) is 11.9 Å². The number of nitrogens with zero attached hydrogens (tertiary/aromatic N) is 1. The van der Waals surface area contributed by atoms with Gasteiger partial charge in [-0.2, -0.15) is 0 Å². The molecule has 0 saturated carbocycles. The molecule has 0 fully saturated rings. The average Bonchev–Trinajstić information content (AvgIpc) is 2.29. The number of hydrogen-bond donors (Lipinski definition) is 1. The van der Waals surface area contributed by atoms with Crippen LogP contribution in [0.15, 0.2) is 22.8 Å². The lowest BCUT2D eigenvalue weighted by atomic mass is 10.0. The van der Waals surface area contributed by atoms with Crippen LogP contribution in [-0.4, -0.2) is 22.8 Å². The van der Waals surface area contributed by atoms with Crippen molar-refractivity contribution in [3.8, 4) is 0 Å². The maximum Gasteiger partial charge on any atom is 0.270 e. The fraction of sp³-hybridized carbons (Fsp3) is 0.500. The van der Waals surface area contributed by atoms with Gasteiger partial charge in [0.15, 0.2) is 0 Å². The van der Waals surface area contributed by atoms with E-state index in [4.69, 9.17) is 11.6 Å². The van der Waals surface area contributed by atoms with Gasteiger partial charge in [0, 0.05) is 22.6 Å². The van der Waals surface area contributed by atoms with Gasteiger partial charge >= 0.3 is 0 Å². The average molecular weight is 320 g/mol. The van der Waals surface area contributed by atoms with Crippen LogP contribution in [0.4, 0.5) is 0 Å². The Labute approximate surface area is 115 Å². The molecule has 1 aromatic rings. The molecule has 1 amide bonds. The number of carbonyl (C=O) groups excluding carboxylic acids is 1. The number of aromatic nitrogens is 1. The van der Waals surface area contributed by atoms with Gasteiger partial charge in [-0.1, -0.05) is 13.8 Å². The third-order valence-electron chi connectivity index (χ3n) is 2.50. The van der Waals surface area contributed by atoms with Gasteiger partial charge < -0.3 is 5.32 Å². The zero-order chi connectivity index (χ0) is 12.8. The van der Waals surface area contributed by atoms with Crippen molar-refractivity contribution in [2.75, 3.05) is 5.88 Å². The van der Waals surface area contributed by atoms with Gasteiger partial charge in [0.1, 0.15) is 5.69 Å². The SMILES string of the molecule is CC(C)C(CCCl)NC(=O)c1ccc(Br)cn1. The second-order valence-electron chi connectivity index (χ2n) is 4.16. The molecular formula is C12H16BrClN2O. The van der Waals surface area contributed by atoms with Crippen LogP contribution in [0.25, 0.3) is 0 Å². The van der Waals surface area contributed by atoms with E-state index in [0.717, 1.165) is 10.9 Å². The summed E-state index contributed by atoms with van der Waals surface area (Å²) in [4.78, 5) is 16.0. The van der Waals surface area contributed by atoms with E-state index in [1.807, 2.05) is 0 Å². The normalized spacial score (nSPS) is 12.5. The number of hydrogen-bond acceptors (Lipinski definition) is 2. The van der Waals surface area contributed by atoms with Crippen molar-refractivity contribution in [1.29, 1.82) is 0 Å². The zero-order valence-corrected chi connectivity index (χ0v) is 12.3. The first-order valence-corrected chi connectivity index (χ1v) is 6.85.